The highest BCUT2D eigenvalue weighted by molar-refractivity contribution is 5.76. The van der Waals surface area contributed by atoms with E-state index in [-0.39, 0.29) is 18.5 Å². The van der Waals surface area contributed by atoms with E-state index < -0.39 is 12.1 Å². The Hall–Kier alpha value is -1.92. The number of esters is 1. The van der Waals surface area contributed by atoms with Gasteiger partial charge in [0.05, 0.1) is 25.4 Å². The summed E-state index contributed by atoms with van der Waals surface area (Å²) in [7, 11) is 0. The zero-order valence-corrected chi connectivity index (χ0v) is 52.7. The first kappa shape index (κ1) is 76.1. The van der Waals surface area contributed by atoms with E-state index in [1.165, 1.54) is 308 Å². The second-order valence-electron chi connectivity index (χ2n) is 24.2. The van der Waals surface area contributed by atoms with Crippen molar-refractivity contribution >= 4 is 11.9 Å². The lowest BCUT2D eigenvalue weighted by molar-refractivity contribution is -0.143. The first-order valence-electron chi connectivity index (χ1n) is 35.3. The Kier molecular flexibility index (Phi) is 65.9. The molecule has 0 bridgehead atoms. The molecule has 0 spiro atoms. The Morgan fingerprint density at radius 1 is 0.359 bits per heavy atom. The van der Waals surface area contributed by atoms with E-state index in [2.05, 4.69) is 43.5 Å². The number of carbonyl (C=O) groups excluding carboxylic acids is 2. The summed E-state index contributed by atoms with van der Waals surface area (Å²) in [6.07, 6.45) is 86.4. The Balaban J connectivity index is 3.39. The van der Waals surface area contributed by atoms with Crippen molar-refractivity contribution in [3.8, 4) is 0 Å². The number of aliphatic hydroxyl groups excluding tert-OH is 2. The van der Waals surface area contributed by atoms with Gasteiger partial charge in [0.25, 0.3) is 0 Å². The van der Waals surface area contributed by atoms with Crippen molar-refractivity contribution in [1.82, 2.24) is 5.32 Å². The molecule has 0 aliphatic rings. The van der Waals surface area contributed by atoms with E-state index in [1.54, 1.807) is 6.08 Å². The quantitative estimate of drug-likeness (QED) is 0.0320. The van der Waals surface area contributed by atoms with Crippen LogP contribution in [0.4, 0.5) is 0 Å². The highest BCUT2D eigenvalue weighted by atomic mass is 16.5. The molecule has 0 fully saturated rings. The number of nitrogens with one attached hydrogen (secondary N) is 1. The minimum atomic E-state index is -0.844. The molecule has 0 aliphatic heterocycles. The fraction of sp³-hybridized carbons (Fsp3) is 0.889. The van der Waals surface area contributed by atoms with Gasteiger partial charge in [-0.25, -0.2) is 0 Å². The number of rotatable bonds is 66. The van der Waals surface area contributed by atoms with E-state index in [4.69, 9.17) is 4.74 Å². The van der Waals surface area contributed by atoms with Crippen LogP contribution in [0.15, 0.2) is 36.5 Å². The summed E-state index contributed by atoms with van der Waals surface area (Å²) in [6, 6.07) is -0.628. The molecule has 2 unspecified atom stereocenters. The normalized spacial score (nSPS) is 12.7. The SMILES string of the molecule is CCCCCC/C=C\C/C=C\CCCCCCCC(=O)OCCCCCCCCCCCCCCCCCCCCCCCCCCCC(=O)NC(CO)C(O)/C=C/CCCCCCCCCCCCCCCCCCCC. The summed E-state index contributed by atoms with van der Waals surface area (Å²) in [4.78, 5) is 24.6. The monoisotopic (exact) mass is 1100 g/mol. The van der Waals surface area contributed by atoms with Crippen LogP contribution in [0.5, 0.6) is 0 Å². The Bertz CT molecular complexity index is 1260. The summed E-state index contributed by atoms with van der Waals surface area (Å²) < 4.78 is 5.49. The number of allylic oxidation sites excluding steroid dienone is 5. The molecule has 0 aromatic carbocycles. The van der Waals surface area contributed by atoms with E-state index in [9.17, 15) is 19.8 Å². The van der Waals surface area contributed by atoms with Crippen LogP contribution < -0.4 is 5.32 Å². The third-order valence-corrected chi connectivity index (χ3v) is 16.4. The average molecular weight is 1100 g/mol. The molecule has 2 atom stereocenters. The largest absolute Gasteiger partial charge is 0.466 e. The van der Waals surface area contributed by atoms with Crippen molar-refractivity contribution in [2.75, 3.05) is 13.2 Å². The summed E-state index contributed by atoms with van der Waals surface area (Å²) in [5.41, 5.74) is 0. The maximum Gasteiger partial charge on any atom is 0.305 e. The number of amides is 1. The molecule has 78 heavy (non-hydrogen) atoms. The molecule has 0 aliphatic carbocycles. The summed E-state index contributed by atoms with van der Waals surface area (Å²) in [5, 5.41) is 23.2. The number of hydrogen-bond donors (Lipinski definition) is 3. The second-order valence-corrected chi connectivity index (χ2v) is 24.2. The summed E-state index contributed by atoms with van der Waals surface area (Å²) in [5.74, 6) is -0.0600. The lowest BCUT2D eigenvalue weighted by Gasteiger charge is -2.20. The molecule has 460 valence electrons. The topological polar surface area (TPSA) is 95.9 Å². The Morgan fingerprint density at radius 2 is 0.641 bits per heavy atom. The lowest BCUT2D eigenvalue weighted by atomic mass is 10.0. The van der Waals surface area contributed by atoms with Crippen molar-refractivity contribution < 1.29 is 24.5 Å². The molecule has 0 saturated carbocycles. The fourth-order valence-electron chi connectivity index (χ4n) is 11.0. The van der Waals surface area contributed by atoms with Crippen molar-refractivity contribution in [3.05, 3.63) is 36.5 Å². The van der Waals surface area contributed by atoms with Crippen LogP contribution in [0.25, 0.3) is 0 Å². The molecule has 0 heterocycles. The predicted octanol–water partition coefficient (Wildman–Crippen LogP) is 22.7. The molecule has 0 rings (SSSR count). The highest BCUT2D eigenvalue weighted by Crippen LogP contribution is 2.19. The van der Waals surface area contributed by atoms with E-state index >= 15 is 0 Å². The minimum absolute atomic E-state index is 0.00296. The Labute approximate surface area is 487 Å². The van der Waals surface area contributed by atoms with Crippen molar-refractivity contribution in [2.45, 2.75) is 398 Å². The number of carbonyl (C=O) groups is 2. The van der Waals surface area contributed by atoms with Crippen LogP contribution >= 0.6 is 0 Å². The van der Waals surface area contributed by atoms with Gasteiger partial charge in [-0.3, -0.25) is 9.59 Å². The molecule has 6 heteroatoms. The zero-order valence-electron chi connectivity index (χ0n) is 52.7. The average Bonchev–Trinajstić information content (AvgIpc) is 3.44. The highest BCUT2D eigenvalue weighted by Gasteiger charge is 2.18. The predicted molar refractivity (Wildman–Crippen MR) is 343 cm³/mol. The zero-order chi connectivity index (χ0) is 56.4. The number of unbranched alkanes of at least 4 members (excludes halogenated alkanes) is 51. The summed E-state index contributed by atoms with van der Waals surface area (Å²) in [6.45, 7) is 4.91. The van der Waals surface area contributed by atoms with Gasteiger partial charge in [0.2, 0.25) is 5.91 Å². The van der Waals surface area contributed by atoms with Crippen molar-refractivity contribution in [2.24, 2.45) is 0 Å². The van der Waals surface area contributed by atoms with Gasteiger partial charge in [-0.1, -0.05) is 346 Å². The molecule has 1 amide bonds. The third-order valence-electron chi connectivity index (χ3n) is 16.4. The number of ether oxygens (including phenoxy) is 1. The van der Waals surface area contributed by atoms with Gasteiger partial charge >= 0.3 is 5.97 Å². The minimum Gasteiger partial charge on any atom is -0.466 e. The van der Waals surface area contributed by atoms with Gasteiger partial charge in [-0.2, -0.15) is 0 Å². The maximum absolute atomic E-state index is 12.5. The van der Waals surface area contributed by atoms with Gasteiger partial charge < -0.3 is 20.3 Å². The Morgan fingerprint density at radius 3 is 0.987 bits per heavy atom. The second kappa shape index (κ2) is 67.6. The van der Waals surface area contributed by atoms with Gasteiger partial charge in [0, 0.05) is 12.8 Å². The van der Waals surface area contributed by atoms with Crippen LogP contribution in [0, 0.1) is 0 Å². The van der Waals surface area contributed by atoms with Gasteiger partial charge in [0.15, 0.2) is 0 Å². The van der Waals surface area contributed by atoms with E-state index in [1.807, 2.05) is 6.08 Å². The number of hydrogen-bond acceptors (Lipinski definition) is 5. The van der Waals surface area contributed by atoms with Gasteiger partial charge in [-0.15, -0.1) is 0 Å². The number of aliphatic hydroxyl groups is 2. The van der Waals surface area contributed by atoms with Crippen LogP contribution in [-0.2, 0) is 14.3 Å². The first-order chi connectivity index (χ1) is 38.5. The van der Waals surface area contributed by atoms with Crippen LogP contribution in [0.3, 0.4) is 0 Å². The molecular weight excluding hydrogens is 959 g/mol. The third kappa shape index (κ3) is 63.3. The summed E-state index contributed by atoms with van der Waals surface area (Å²) >= 11 is 0. The van der Waals surface area contributed by atoms with Crippen LogP contribution in [0.2, 0.25) is 0 Å². The first-order valence-corrected chi connectivity index (χ1v) is 35.3. The van der Waals surface area contributed by atoms with Gasteiger partial charge in [0.1, 0.15) is 0 Å². The molecule has 3 N–H and O–H groups in total. The van der Waals surface area contributed by atoms with Crippen molar-refractivity contribution in [1.29, 1.82) is 0 Å². The maximum atomic E-state index is 12.5. The molecule has 0 radical (unpaired) electrons. The molecule has 0 saturated heterocycles. The smallest absolute Gasteiger partial charge is 0.305 e. The van der Waals surface area contributed by atoms with Crippen LogP contribution in [-0.4, -0.2) is 47.4 Å². The molecule has 6 nitrogen and oxygen atoms in total. The van der Waals surface area contributed by atoms with E-state index in [0.717, 1.165) is 51.4 Å². The molecular formula is C72H137NO5. The fourth-order valence-corrected chi connectivity index (χ4v) is 11.0. The lowest BCUT2D eigenvalue weighted by Crippen LogP contribution is -2.45. The standard InChI is InChI=1S/C72H137NO5/c1-3-5-7-9-11-13-15-17-19-21-22-30-33-36-40-44-48-52-56-60-64-70(75)69(68-74)73-71(76)65-61-57-53-49-45-41-37-34-31-28-26-24-23-25-27-29-32-35-39-43-47-51-55-59-63-67-78-72(77)66-62-58-54-50-46-42-38-20-18-16-14-12-10-8-6-4-2/h14,16,20,38,60,64,69-70,74-75H,3-13,15,17-19,21-37,39-59,61-63,65-68H2,1-2H3,(H,73,76)/b16-14-,38-20-,64-60+. The van der Waals surface area contributed by atoms with Crippen molar-refractivity contribution in [3.63, 3.8) is 0 Å². The molecule has 0 aromatic rings. The molecule has 0 aromatic heterocycles. The van der Waals surface area contributed by atoms with Gasteiger partial charge in [-0.05, 0) is 64.2 Å². The van der Waals surface area contributed by atoms with E-state index in [0.29, 0.717) is 19.4 Å². The van der Waals surface area contributed by atoms with Crippen LogP contribution in [0.1, 0.15) is 386 Å².